The van der Waals surface area contributed by atoms with Crippen LogP contribution < -0.4 is 10.2 Å². The lowest BCUT2D eigenvalue weighted by molar-refractivity contribution is -0.00874. The molecule has 3 aliphatic rings. The van der Waals surface area contributed by atoms with Crippen molar-refractivity contribution in [2.45, 2.75) is 38.9 Å². The molecule has 2 N–H and O–H groups in total. The van der Waals surface area contributed by atoms with E-state index in [9.17, 15) is 0 Å². The molecule has 5 aromatic rings. The number of pyridine rings is 1. The van der Waals surface area contributed by atoms with Gasteiger partial charge >= 0.3 is 0 Å². The Hall–Kier alpha value is -3.89. The molecule has 186 valence electrons. The van der Waals surface area contributed by atoms with Crippen molar-refractivity contribution in [1.82, 2.24) is 35.0 Å². The summed E-state index contributed by atoms with van der Waals surface area (Å²) in [6.07, 6.45) is 3.15. The number of H-pyrrole nitrogens is 1. The van der Waals surface area contributed by atoms with Gasteiger partial charge in [-0.2, -0.15) is 5.10 Å². The molecule has 8 rings (SSSR count). The minimum atomic E-state index is 0.563. The quantitative estimate of drug-likeness (QED) is 0.340. The summed E-state index contributed by atoms with van der Waals surface area (Å²) in [5, 5.41) is 14.9. The number of hydrogen-bond donors (Lipinski definition) is 2. The number of piperazine rings is 1. The van der Waals surface area contributed by atoms with Gasteiger partial charge in [0.05, 0.1) is 12.1 Å². The molecule has 2 atom stereocenters. The highest BCUT2D eigenvalue weighted by Crippen LogP contribution is 2.36. The molecule has 9 nitrogen and oxygen atoms in total. The number of aromatic nitrogens is 6. The Morgan fingerprint density at radius 1 is 1.05 bits per heavy atom. The zero-order valence-corrected chi connectivity index (χ0v) is 21.5. The number of fused-ring (bicyclic) bond motifs is 3. The second kappa shape index (κ2) is 8.89. The number of aromatic amines is 1. The van der Waals surface area contributed by atoms with Gasteiger partial charge in [0.1, 0.15) is 16.6 Å². The molecule has 2 unspecified atom stereocenters. The van der Waals surface area contributed by atoms with Crippen molar-refractivity contribution in [3.05, 3.63) is 70.4 Å². The number of rotatable bonds is 6. The smallest absolute Gasteiger partial charge is 0.163 e. The van der Waals surface area contributed by atoms with Gasteiger partial charge in [0, 0.05) is 65.2 Å². The van der Waals surface area contributed by atoms with Gasteiger partial charge in [0.2, 0.25) is 0 Å². The van der Waals surface area contributed by atoms with Crippen molar-refractivity contribution in [2.24, 2.45) is 0 Å². The maximum atomic E-state index is 4.85. The maximum Gasteiger partial charge on any atom is 0.163 e. The first-order valence-electron chi connectivity index (χ1n) is 12.5. The topological polar surface area (TPSA) is 98.8 Å². The Morgan fingerprint density at radius 2 is 1.92 bits per heavy atom. The number of nitrogens with zero attached hydrogens (tertiary/aromatic N) is 7. The predicted molar refractivity (Wildman–Crippen MR) is 146 cm³/mol. The lowest BCUT2D eigenvalue weighted by Gasteiger charge is -2.56. The van der Waals surface area contributed by atoms with E-state index in [0.717, 1.165) is 64.9 Å². The van der Waals surface area contributed by atoms with Crippen LogP contribution in [0.2, 0.25) is 0 Å². The van der Waals surface area contributed by atoms with Crippen molar-refractivity contribution >= 4 is 39.7 Å². The average molecular weight is 510 g/mol. The molecular formula is C27H27N9S. The highest BCUT2D eigenvalue weighted by atomic mass is 32.1. The van der Waals surface area contributed by atoms with Crippen LogP contribution in [0.5, 0.6) is 0 Å². The summed E-state index contributed by atoms with van der Waals surface area (Å²) in [5.41, 5.74) is 3.86. The summed E-state index contributed by atoms with van der Waals surface area (Å²) in [4.78, 5) is 24.1. The van der Waals surface area contributed by atoms with Crippen molar-refractivity contribution < 1.29 is 0 Å². The number of piperidine rings is 1. The summed E-state index contributed by atoms with van der Waals surface area (Å²) >= 11 is 1.77. The van der Waals surface area contributed by atoms with E-state index in [1.807, 2.05) is 43.5 Å². The average Bonchev–Trinajstić information content (AvgIpc) is 3.54. The van der Waals surface area contributed by atoms with Gasteiger partial charge in [-0.05, 0) is 44.5 Å². The van der Waals surface area contributed by atoms with Gasteiger partial charge in [0.15, 0.2) is 11.6 Å². The molecule has 3 aliphatic heterocycles. The second-order valence-corrected chi connectivity index (χ2v) is 10.8. The van der Waals surface area contributed by atoms with Crippen LogP contribution in [-0.2, 0) is 6.54 Å². The standard InChI is InChI=1S/C27H27N9S/c1-16-9-23(34-33-16)31-27-21-5-3-4-6-22(21)30-26(32-27)18-7-8-24(28-11-18)35-12-19-10-20(13-35)36(19)14-25-29-17(2)15-37-25/h3-9,11,15,19-20H,10,12-14H2,1-2H3,(H2,30,31,32,33,34). The zero-order valence-electron chi connectivity index (χ0n) is 20.7. The van der Waals surface area contributed by atoms with Gasteiger partial charge in [-0.25, -0.2) is 19.9 Å². The molecule has 7 heterocycles. The van der Waals surface area contributed by atoms with Crippen LogP contribution in [0.25, 0.3) is 22.3 Å². The number of hydrogen-bond acceptors (Lipinski definition) is 9. The molecular weight excluding hydrogens is 482 g/mol. The molecule has 37 heavy (non-hydrogen) atoms. The fraction of sp³-hybridized carbons (Fsp3) is 0.296. The van der Waals surface area contributed by atoms with E-state index < -0.39 is 0 Å². The second-order valence-electron chi connectivity index (χ2n) is 9.88. The molecule has 0 radical (unpaired) electrons. The van der Waals surface area contributed by atoms with Crippen LogP contribution in [0.15, 0.2) is 54.0 Å². The predicted octanol–water partition coefficient (Wildman–Crippen LogP) is 4.69. The molecule has 3 fully saturated rings. The van der Waals surface area contributed by atoms with Crippen molar-refractivity contribution in [2.75, 3.05) is 23.3 Å². The van der Waals surface area contributed by atoms with Crippen LogP contribution in [0.4, 0.5) is 17.5 Å². The third kappa shape index (κ3) is 4.21. The molecule has 0 amide bonds. The lowest BCUT2D eigenvalue weighted by Crippen LogP contribution is -2.68. The normalized spacial score (nSPS) is 19.2. The van der Waals surface area contributed by atoms with E-state index >= 15 is 0 Å². The Labute approximate surface area is 218 Å². The molecule has 2 bridgehead atoms. The molecule has 0 saturated carbocycles. The van der Waals surface area contributed by atoms with Crippen LogP contribution in [0.3, 0.4) is 0 Å². The van der Waals surface area contributed by atoms with Crippen LogP contribution >= 0.6 is 11.3 Å². The Bertz CT molecular complexity index is 1560. The van der Waals surface area contributed by atoms with Crippen LogP contribution in [0.1, 0.15) is 22.8 Å². The number of para-hydroxylation sites is 1. The summed E-state index contributed by atoms with van der Waals surface area (Å²) in [6, 6.07) is 15.2. The van der Waals surface area contributed by atoms with Crippen molar-refractivity contribution in [1.29, 1.82) is 0 Å². The fourth-order valence-electron chi connectivity index (χ4n) is 5.37. The van der Waals surface area contributed by atoms with E-state index in [4.69, 9.17) is 15.0 Å². The molecule has 1 aromatic carbocycles. The lowest BCUT2D eigenvalue weighted by atomic mass is 9.87. The largest absolute Gasteiger partial charge is 0.353 e. The van der Waals surface area contributed by atoms with Crippen LogP contribution in [0, 0.1) is 13.8 Å². The Balaban J connectivity index is 1.10. The van der Waals surface area contributed by atoms with E-state index in [-0.39, 0.29) is 0 Å². The number of anilines is 3. The molecule has 0 spiro atoms. The minimum absolute atomic E-state index is 0.563. The number of nitrogens with one attached hydrogen (secondary N) is 2. The van der Waals surface area contributed by atoms with Crippen molar-refractivity contribution in [3.8, 4) is 11.4 Å². The first-order chi connectivity index (χ1) is 18.1. The number of benzene rings is 1. The van der Waals surface area contributed by atoms with Gasteiger partial charge in [-0.3, -0.25) is 10.00 Å². The highest BCUT2D eigenvalue weighted by molar-refractivity contribution is 7.09. The maximum absolute atomic E-state index is 4.85. The number of aryl methyl sites for hydroxylation is 2. The third-order valence-corrected chi connectivity index (χ3v) is 8.17. The highest BCUT2D eigenvalue weighted by Gasteiger charge is 2.45. The third-order valence-electron chi connectivity index (χ3n) is 7.21. The Morgan fingerprint density at radius 3 is 2.65 bits per heavy atom. The molecule has 4 aromatic heterocycles. The summed E-state index contributed by atoms with van der Waals surface area (Å²) in [6.45, 7) is 6.99. The van der Waals surface area contributed by atoms with E-state index in [2.05, 4.69) is 54.7 Å². The SMILES string of the molecule is Cc1csc(CN2C3CC2CN(c2ccc(-c4nc(Nc5cc(C)[nH]n5)c5ccccc5n4)cn2)C3)n1. The molecule has 0 aliphatic carbocycles. The summed E-state index contributed by atoms with van der Waals surface area (Å²) in [5.74, 6) is 3.10. The fourth-order valence-corrected chi connectivity index (χ4v) is 6.15. The summed E-state index contributed by atoms with van der Waals surface area (Å²) < 4.78 is 0. The van der Waals surface area contributed by atoms with Crippen LogP contribution in [-0.4, -0.2) is 60.2 Å². The van der Waals surface area contributed by atoms with Gasteiger partial charge in [0.25, 0.3) is 0 Å². The van der Waals surface area contributed by atoms with Gasteiger partial charge < -0.3 is 10.2 Å². The van der Waals surface area contributed by atoms with E-state index in [1.54, 1.807) is 11.3 Å². The summed E-state index contributed by atoms with van der Waals surface area (Å²) in [7, 11) is 0. The van der Waals surface area contributed by atoms with E-state index in [0.29, 0.717) is 17.9 Å². The first-order valence-corrected chi connectivity index (χ1v) is 13.4. The Kier molecular flexibility index (Phi) is 5.37. The zero-order chi connectivity index (χ0) is 24.9. The molecule has 10 heteroatoms. The first kappa shape index (κ1) is 22.3. The van der Waals surface area contributed by atoms with Gasteiger partial charge in [-0.15, -0.1) is 11.3 Å². The van der Waals surface area contributed by atoms with Crippen molar-refractivity contribution in [3.63, 3.8) is 0 Å². The minimum Gasteiger partial charge on any atom is -0.353 e. The van der Waals surface area contributed by atoms with E-state index in [1.165, 1.54) is 11.4 Å². The molecule has 3 saturated heterocycles. The number of thiazole rings is 1. The van der Waals surface area contributed by atoms with Gasteiger partial charge in [-0.1, -0.05) is 12.1 Å². The monoisotopic (exact) mass is 509 g/mol.